The predicted molar refractivity (Wildman–Crippen MR) is 90.2 cm³/mol. The fourth-order valence-electron chi connectivity index (χ4n) is 2.50. The van der Waals surface area contributed by atoms with Crippen molar-refractivity contribution >= 4 is 11.6 Å². The van der Waals surface area contributed by atoms with Gasteiger partial charge in [-0.2, -0.15) is 0 Å². The van der Waals surface area contributed by atoms with Crippen molar-refractivity contribution in [3.05, 3.63) is 70.3 Å². The highest BCUT2D eigenvalue weighted by molar-refractivity contribution is 6.24. The highest BCUT2D eigenvalue weighted by Gasteiger charge is 2.23. The van der Waals surface area contributed by atoms with E-state index in [0.29, 0.717) is 23.1 Å². The van der Waals surface area contributed by atoms with Gasteiger partial charge in [0.1, 0.15) is 0 Å². The van der Waals surface area contributed by atoms with E-state index in [4.69, 9.17) is 0 Å². The molecule has 0 amide bonds. The summed E-state index contributed by atoms with van der Waals surface area (Å²) in [6.07, 6.45) is 8.28. The Hall–Kier alpha value is -2.22. The lowest BCUT2D eigenvalue weighted by Gasteiger charge is -2.13. The molecule has 0 aliphatic heterocycles. The zero-order chi connectivity index (χ0) is 16.1. The first-order chi connectivity index (χ1) is 10.5. The van der Waals surface area contributed by atoms with E-state index in [1.54, 1.807) is 24.3 Å². The molecule has 2 nitrogen and oxygen atoms in total. The van der Waals surface area contributed by atoms with Gasteiger partial charge in [0.05, 0.1) is 0 Å². The molecule has 0 bridgehead atoms. The summed E-state index contributed by atoms with van der Waals surface area (Å²) in [6.45, 7) is 6.25. The number of benzene rings is 1. The molecule has 1 aromatic carbocycles. The second kappa shape index (κ2) is 7.17. The fraction of sp³-hybridized carbons (Fsp3) is 0.300. The van der Waals surface area contributed by atoms with Crippen LogP contribution < -0.4 is 0 Å². The first-order valence-corrected chi connectivity index (χ1v) is 7.66. The normalized spacial score (nSPS) is 14.5. The van der Waals surface area contributed by atoms with Crippen LogP contribution in [0.15, 0.2) is 59.2 Å². The van der Waals surface area contributed by atoms with Gasteiger partial charge >= 0.3 is 0 Å². The van der Waals surface area contributed by atoms with E-state index < -0.39 is 0 Å². The van der Waals surface area contributed by atoms with E-state index >= 15 is 0 Å². The van der Waals surface area contributed by atoms with Crippen molar-refractivity contribution in [1.82, 2.24) is 0 Å². The summed E-state index contributed by atoms with van der Waals surface area (Å²) in [5.41, 5.74) is 4.20. The lowest BCUT2D eigenvalue weighted by Crippen LogP contribution is -2.16. The number of hydrogen-bond acceptors (Lipinski definition) is 2. The van der Waals surface area contributed by atoms with Crippen LogP contribution in [-0.4, -0.2) is 11.6 Å². The number of allylic oxidation sites excluding steroid dienone is 6. The van der Waals surface area contributed by atoms with Crippen molar-refractivity contribution in [2.45, 2.75) is 40.0 Å². The molecule has 114 valence electrons. The van der Waals surface area contributed by atoms with Crippen LogP contribution in [0.2, 0.25) is 0 Å². The number of fused-ring (bicyclic) bond motifs is 1. The molecule has 22 heavy (non-hydrogen) atoms. The minimum atomic E-state index is -0.0687. The average molecular weight is 294 g/mol. The maximum atomic E-state index is 12.4. The minimum absolute atomic E-state index is 0.0245. The van der Waals surface area contributed by atoms with Crippen LogP contribution in [0.1, 0.15) is 60.7 Å². The molecular formula is C20H22O2. The van der Waals surface area contributed by atoms with Gasteiger partial charge < -0.3 is 0 Å². The Morgan fingerprint density at radius 1 is 1.00 bits per heavy atom. The number of carbonyl (C=O) groups excluding carboxylic acids is 2. The van der Waals surface area contributed by atoms with Gasteiger partial charge in [0.25, 0.3) is 0 Å². The number of hydrogen-bond donors (Lipinski definition) is 0. The zero-order valence-corrected chi connectivity index (χ0v) is 13.5. The molecule has 0 heterocycles. The van der Waals surface area contributed by atoms with Gasteiger partial charge in [-0.3, -0.25) is 9.59 Å². The monoisotopic (exact) mass is 294 g/mol. The molecule has 2 heteroatoms. The number of Topliss-reactive ketones (excluding diaryl/α,β-unsaturated/α-hetero) is 1. The van der Waals surface area contributed by atoms with Crippen LogP contribution in [0.25, 0.3) is 0 Å². The van der Waals surface area contributed by atoms with Crippen LogP contribution in [0, 0.1) is 0 Å². The number of rotatable bonds is 5. The molecule has 0 saturated carbocycles. The van der Waals surface area contributed by atoms with Crippen molar-refractivity contribution < 1.29 is 9.59 Å². The molecule has 1 aliphatic carbocycles. The third-order valence-electron chi connectivity index (χ3n) is 3.80. The topological polar surface area (TPSA) is 34.1 Å². The second-order valence-electron chi connectivity index (χ2n) is 5.98. The van der Waals surface area contributed by atoms with Crippen LogP contribution in [0.3, 0.4) is 0 Å². The Bertz CT molecular complexity index is 683. The molecule has 0 N–H and O–H groups in total. The van der Waals surface area contributed by atoms with Gasteiger partial charge in [0, 0.05) is 16.7 Å². The maximum Gasteiger partial charge on any atom is 0.190 e. The summed E-state index contributed by atoms with van der Waals surface area (Å²) in [4.78, 5) is 24.5. The molecule has 2 rings (SSSR count). The summed E-state index contributed by atoms with van der Waals surface area (Å²) < 4.78 is 0. The molecule has 0 atom stereocenters. The first kappa shape index (κ1) is 16.2. The van der Waals surface area contributed by atoms with Gasteiger partial charge in [-0.05, 0) is 46.1 Å². The maximum absolute atomic E-state index is 12.4. The summed E-state index contributed by atoms with van der Waals surface area (Å²) in [5, 5.41) is 0. The van der Waals surface area contributed by atoms with E-state index in [9.17, 15) is 9.59 Å². The predicted octanol–water partition coefficient (Wildman–Crippen LogP) is 5.07. The van der Waals surface area contributed by atoms with Crippen LogP contribution in [0.5, 0.6) is 0 Å². The van der Waals surface area contributed by atoms with Crippen molar-refractivity contribution in [1.29, 1.82) is 0 Å². The Morgan fingerprint density at radius 2 is 1.68 bits per heavy atom. The second-order valence-corrected chi connectivity index (χ2v) is 5.98. The molecule has 0 spiro atoms. The highest BCUT2D eigenvalue weighted by Crippen LogP contribution is 2.23. The third kappa shape index (κ3) is 3.91. The molecule has 1 aliphatic rings. The Balaban J connectivity index is 2.07. The fourth-order valence-corrected chi connectivity index (χ4v) is 2.50. The van der Waals surface area contributed by atoms with Crippen molar-refractivity contribution in [3.63, 3.8) is 0 Å². The standard InChI is InChI=1S/C20H22O2/c1-14(2)7-6-8-15(3)11-12-16-13-19(21)17-9-4-5-10-18(17)20(16)22/h4-5,7,9-11,13H,6,8,12H2,1-3H3. The summed E-state index contributed by atoms with van der Waals surface area (Å²) >= 11 is 0. The first-order valence-electron chi connectivity index (χ1n) is 7.66. The molecule has 0 saturated heterocycles. The highest BCUT2D eigenvalue weighted by atomic mass is 16.1. The lowest BCUT2D eigenvalue weighted by molar-refractivity contribution is 0.0983. The van der Waals surface area contributed by atoms with Crippen molar-refractivity contribution in [2.75, 3.05) is 0 Å². The molecule has 0 radical (unpaired) electrons. The van der Waals surface area contributed by atoms with E-state index in [-0.39, 0.29) is 11.6 Å². The zero-order valence-electron chi connectivity index (χ0n) is 13.5. The van der Waals surface area contributed by atoms with E-state index in [1.807, 2.05) is 0 Å². The Morgan fingerprint density at radius 3 is 2.36 bits per heavy atom. The Kier molecular flexibility index (Phi) is 5.26. The number of ketones is 2. The van der Waals surface area contributed by atoms with Crippen molar-refractivity contribution in [2.24, 2.45) is 0 Å². The summed E-state index contributed by atoms with van der Waals surface area (Å²) in [7, 11) is 0. The average Bonchev–Trinajstić information content (AvgIpc) is 2.49. The van der Waals surface area contributed by atoms with Crippen LogP contribution in [0.4, 0.5) is 0 Å². The Labute approximate surface area is 132 Å². The van der Waals surface area contributed by atoms with Crippen LogP contribution >= 0.6 is 0 Å². The summed E-state index contributed by atoms with van der Waals surface area (Å²) in [5.74, 6) is -0.0932. The molecule has 0 unspecified atom stereocenters. The van der Waals surface area contributed by atoms with E-state index in [0.717, 1.165) is 12.8 Å². The van der Waals surface area contributed by atoms with Gasteiger partial charge in [0.2, 0.25) is 0 Å². The molecular weight excluding hydrogens is 272 g/mol. The van der Waals surface area contributed by atoms with Gasteiger partial charge in [0.15, 0.2) is 11.6 Å². The SMILES string of the molecule is CC(C)=CCCC(C)=CCC1=CC(=O)c2ccccc2C1=O. The minimum Gasteiger partial charge on any atom is -0.289 e. The molecule has 0 fully saturated rings. The quantitative estimate of drug-likeness (QED) is 0.710. The molecule has 0 aromatic heterocycles. The van der Waals surface area contributed by atoms with Gasteiger partial charge in [-0.15, -0.1) is 0 Å². The van der Waals surface area contributed by atoms with Gasteiger partial charge in [-0.1, -0.05) is 47.6 Å². The number of carbonyl (C=O) groups is 2. The van der Waals surface area contributed by atoms with E-state index in [2.05, 4.69) is 32.9 Å². The smallest absolute Gasteiger partial charge is 0.190 e. The summed E-state index contributed by atoms with van der Waals surface area (Å²) in [6, 6.07) is 7.03. The van der Waals surface area contributed by atoms with Crippen LogP contribution in [-0.2, 0) is 0 Å². The lowest BCUT2D eigenvalue weighted by atomic mass is 9.88. The van der Waals surface area contributed by atoms with Crippen molar-refractivity contribution in [3.8, 4) is 0 Å². The largest absolute Gasteiger partial charge is 0.289 e. The van der Waals surface area contributed by atoms with E-state index in [1.165, 1.54) is 17.2 Å². The van der Waals surface area contributed by atoms with Gasteiger partial charge in [-0.25, -0.2) is 0 Å². The molecule has 1 aromatic rings. The third-order valence-corrected chi connectivity index (χ3v) is 3.80.